The topological polar surface area (TPSA) is 56.5 Å². The Hall–Kier alpha value is -1.58. The van der Waals surface area contributed by atoms with Gasteiger partial charge in [-0.2, -0.15) is 0 Å². The monoisotopic (exact) mass is 290 g/mol. The van der Waals surface area contributed by atoms with E-state index >= 15 is 0 Å². The van der Waals surface area contributed by atoms with E-state index in [0.29, 0.717) is 19.3 Å². The minimum atomic E-state index is 0.496. The molecule has 3 N–H and O–H groups in total. The highest BCUT2D eigenvalue weighted by Crippen LogP contribution is 2.38. The molecule has 3 rings (SSSR count). The number of nitrogen functional groups attached to an aromatic ring is 1. The van der Waals surface area contributed by atoms with Crippen LogP contribution in [0.3, 0.4) is 0 Å². The molecule has 1 fully saturated rings. The normalized spacial score (nSPS) is 20.0. The van der Waals surface area contributed by atoms with Gasteiger partial charge in [0.05, 0.1) is 11.4 Å². The molecule has 116 valence electrons. The van der Waals surface area contributed by atoms with Gasteiger partial charge >= 0.3 is 0 Å². The molecule has 1 heterocycles. The number of hydrogen-bond donors (Lipinski definition) is 2. The molecule has 1 unspecified atom stereocenters. The molecule has 0 radical (unpaired) electrons. The van der Waals surface area contributed by atoms with Crippen molar-refractivity contribution in [1.82, 2.24) is 0 Å². The van der Waals surface area contributed by atoms with Crippen LogP contribution in [0.1, 0.15) is 45.4 Å². The summed E-state index contributed by atoms with van der Waals surface area (Å²) in [7, 11) is 0. The number of ether oxygens (including phenoxy) is 2. The van der Waals surface area contributed by atoms with Crippen LogP contribution in [-0.4, -0.2) is 19.3 Å². The van der Waals surface area contributed by atoms with Gasteiger partial charge in [0.25, 0.3) is 0 Å². The Balaban J connectivity index is 1.76. The first-order chi connectivity index (χ1) is 10.3. The van der Waals surface area contributed by atoms with E-state index in [4.69, 9.17) is 15.2 Å². The maximum atomic E-state index is 6.18. The number of anilines is 2. The Morgan fingerprint density at radius 2 is 1.81 bits per heavy atom. The Kier molecular flexibility index (Phi) is 4.42. The van der Waals surface area contributed by atoms with Crippen LogP contribution in [-0.2, 0) is 0 Å². The molecule has 1 aliphatic carbocycles. The van der Waals surface area contributed by atoms with Gasteiger partial charge in [0.2, 0.25) is 0 Å². The largest absolute Gasteiger partial charge is 0.486 e. The quantitative estimate of drug-likeness (QED) is 0.828. The lowest BCUT2D eigenvalue weighted by atomic mass is 9.83. The summed E-state index contributed by atoms with van der Waals surface area (Å²) in [6.07, 6.45) is 7.89. The van der Waals surface area contributed by atoms with Gasteiger partial charge in [-0.05, 0) is 25.2 Å². The van der Waals surface area contributed by atoms with E-state index in [1.807, 2.05) is 12.1 Å². The first kappa shape index (κ1) is 14.4. The second-order valence-corrected chi connectivity index (χ2v) is 6.14. The van der Waals surface area contributed by atoms with E-state index in [0.717, 1.165) is 35.2 Å². The van der Waals surface area contributed by atoms with E-state index in [1.165, 1.54) is 32.1 Å². The minimum Gasteiger partial charge on any atom is -0.486 e. The second kappa shape index (κ2) is 6.46. The SMILES string of the molecule is CCC(Nc1cc2c(cc1N)OCCO2)C1CCCCC1. The average molecular weight is 290 g/mol. The van der Waals surface area contributed by atoms with Gasteiger partial charge in [0.15, 0.2) is 11.5 Å². The summed E-state index contributed by atoms with van der Waals surface area (Å²) in [6.45, 7) is 3.45. The van der Waals surface area contributed by atoms with Crippen LogP contribution in [0, 0.1) is 5.92 Å². The Labute approximate surface area is 127 Å². The van der Waals surface area contributed by atoms with E-state index in [1.54, 1.807) is 0 Å². The van der Waals surface area contributed by atoms with Gasteiger partial charge in [-0.3, -0.25) is 0 Å². The fourth-order valence-electron chi connectivity index (χ4n) is 3.52. The van der Waals surface area contributed by atoms with Gasteiger partial charge in [-0.15, -0.1) is 0 Å². The van der Waals surface area contributed by atoms with Crippen molar-refractivity contribution in [3.8, 4) is 11.5 Å². The standard InChI is InChI=1S/C17H26N2O2/c1-2-14(12-6-4-3-5-7-12)19-15-11-17-16(10-13(15)18)20-8-9-21-17/h10-12,14,19H,2-9,18H2,1H3. The maximum Gasteiger partial charge on any atom is 0.163 e. The molecule has 4 heteroatoms. The highest BCUT2D eigenvalue weighted by atomic mass is 16.6. The third-order valence-electron chi connectivity index (χ3n) is 4.71. The lowest BCUT2D eigenvalue weighted by Crippen LogP contribution is -2.30. The van der Waals surface area contributed by atoms with Gasteiger partial charge in [0, 0.05) is 18.2 Å². The predicted molar refractivity (Wildman–Crippen MR) is 86.1 cm³/mol. The van der Waals surface area contributed by atoms with Crippen LogP contribution >= 0.6 is 0 Å². The van der Waals surface area contributed by atoms with E-state index in [2.05, 4.69) is 12.2 Å². The van der Waals surface area contributed by atoms with Crippen molar-refractivity contribution >= 4 is 11.4 Å². The van der Waals surface area contributed by atoms with E-state index in [9.17, 15) is 0 Å². The highest BCUT2D eigenvalue weighted by Gasteiger charge is 2.23. The molecule has 2 aliphatic rings. The van der Waals surface area contributed by atoms with Gasteiger partial charge in [0.1, 0.15) is 13.2 Å². The molecule has 21 heavy (non-hydrogen) atoms. The molecular formula is C17H26N2O2. The van der Waals surface area contributed by atoms with Crippen LogP contribution in [0.25, 0.3) is 0 Å². The van der Waals surface area contributed by atoms with Gasteiger partial charge in [-0.25, -0.2) is 0 Å². The van der Waals surface area contributed by atoms with Crippen LogP contribution in [0.15, 0.2) is 12.1 Å². The average Bonchev–Trinajstić information content (AvgIpc) is 2.53. The first-order valence-electron chi connectivity index (χ1n) is 8.23. The van der Waals surface area contributed by atoms with Crippen molar-refractivity contribution in [2.24, 2.45) is 5.92 Å². The fourth-order valence-corrected chi connectivity index (χ4v) is 3.52. The molecule has 0 aromatic heterocycles. The summed E-state index contributed by atoms with van der Waals surface area (Å²) >= 11 is 0. The summed E-state index contributed by atoms with van der Waals surface area (Å²) in [5.41, 5.74) is 7.91. The van der Waals surface area contributed by atoms with Crippen LogP contribution < -0.4 is 20.5 Å². The number of hydrogen-bond acceptors (Lipinski definition) is 4. The van der Waals surface area contributed by atoms with Crippen molar-refractivity contribution in [2.75, 3.05) is 24.3 Å². The number of rotatable bonds is 4. The molecule has 4 nitrogen and oxygen atoms in total. The van der Waals surface area contributed by atoms with Crippen molar-refractivity contribution in [2.45, 2.75) is 51.5 Å². The third-order valence-corrected chi connectivity index (χ3v) is 4.71. The van der Waals surface area contributed by atoms with Gasteiger partial charge < -0.3 is 20.5 Å². The molecule has 1 saturated carbocycles. The number of benzene rings is 1. The Bertz CT molecular complexity index is 484. The summed E-state index contributed by atoms with van der Waals surface area (Å²) < 4.78 is 11.2. The van der Waals surface area contributed by atoms with Crippen LogP contribution in [0.2, 0.25) is 0 Å². The molecule has 0 saturated heterocycles. The molecule has 1 aromatic rings. The summed E-state index contributed by atoms with van der Waals surface area (Å²) in [4.78, 5) is 0. The molecule has 1 aromatic carbocycles. The molecule has 0 bridgehead atoms. The van der Waals surface area contributed by atoms with Crippen LogP contribution in [0.4, 0.5) is 11.4 Å². The van der Waals surface area contributed by atoms with Crippen molar-refractivity contribution in [3.63, 3.8) is 0 Å². The molecule has 0 spiro atoms. The fraction of sp³-hybridized carbons (Fsp3) is 0.647. The summed E-state index contributed by atoms with van der Waals surface area (Å²) in [5, 5.41) is 3.66. The lowest BCUT2D eigenvalue weighted by molar-refractivity contribution is 0.172. The number of nitrogens with two attached hydrogens (primary N) is 1. The van der Waals surface area contributed by atoms with E-state index in [-0.39, 0.29) is 0 Å². The lowest BCUT2D eigenvalue weighted by Gasteiger charge is -2.31. The molecular weight excluding hydrogens is 264 g/mol. The first-order valence-corrected chi connectivity index (χ1v) is 8.23. The minimum absolute atomic E-state index is 0.496. The Morgan fingerprint density at radius 3 is 2.48 bits per heavy atom. The predicted octanol–water partition coefficient (Wildman–Crippen LogP) is 3.81. The second-order valence-electron chi connectivity index (χ2n) is 6.14. The highest BCUT2D eigenvalue weighted by molar-refractivity contribution is 5.72. The summed E-state index contributed by atoms with van der Waals surface area (Å²) in [6, 6.07) is 4.37. The van der Waals surface area contributed by atoms with Crippen molar-refractivity contribution in [3.05, 3.63) is 12.1 Å². The zero-order chi connectivity index (χ0) is 14.7. The Morgan fingerprint density at radius 1 is 1.14 bits per heavy atom. The zero-order valence-electron chi connectivity index (χ0n) is 12.9. The van der Waals surface area contributed by atoms with Crippen LogP contribution in [0.5, 0.6) is 11.5 Å². The maximum absolute atomic E-state index is 6.18. The van der Waals surface area contributed by atoms with Gasteiger partial charge in [-0.1, -0.05) is 26.2 Å². The third kappa shape index (κ3) is 3.20. The molecule has 1 atom stereocenters. The number of nitrogens with one attached hydrogen (secondary N) is 1. The number of fused-ring (bicyclic) bond motifs is 1. The zero-order valence-corrected chi connectivity index (χ0v) is 12.9. The van der Waals surface area contributed by atoms with Crippen molar-refractivity contribution in [1.29, 1.82) is 0 Å². The molecule has 1 aliphatic heterocycles. The smallest absolute Gasteiger partial charge is 0.163 e. The summed E-state index contributed by atoms with van der Waals surface area (Å²) in [5.74, 6) is 2.32. The molecule has 0 amide bonds. The van der Waals surface area contributed by atoms with Crippen molar-refractivity contribution < 1.29 is 9.47 Å². The van der Waals surface area contributed by atoms with E-state index < -0.39 is 0 Å².